The first kappa shape index (κ1) is 30.9. The van der Waals surface area contributed by atoms with Gasteiger partial charge in [-0.15, -0.1) is 0 Å². The Bertz CT molecular complexity index is 880. The third-order valence-electron chi connectivity index (χ3n) is 5.94. The van der Waals surface area contributed by atoms with E-state index in [2.05, 4.69) is 46.2 Å². The number of pyridine rings is 2. The van der Waals surface area contributed by atoms with Crippen LogP contribution in [-0.4, -0.2) is 58.0 Å². The molecule has 0 saturated carbocycles. The number of hydrogen-bond acceptors (Lipinski definition) is 8. The number of esters is 2. The molecule has 3 heterocycles. The summed E-state index contributed by atoms with van der Waals surface area (Å²) >= 11 is 0. The molecule has 0 aliphatic carbocycles. The van der Waals surface area contributed by atoms with Crippen LogP contribution in [0.3, 0.4) is 0 Å². The van der Waals surface area contributed by atoms with Gasteiger partial charge in [0.2, 0.25) is 0 Å². The SMILES string of the molecule is CC(C)C(=O)OCCCN1Cc2cccc(n2)CN(CCCOC(=O)C(C)C)Cc2cccc(n2)C1.[Cu+]. The fourth-order valence-corrected chi connectivity index (χ4v) is 4.01. The van der Waals surface area contributed by atoms with Crippen LogP contribution in [0.25, 0.3) is 0 Å². The van der Waals surface area contributed by atoms with Crippen LogP contribution in [0.4, 0.5) is 0 Å². The summed E-state index contributed by atoms with van der Waals surface area (Å²) in [6.45, 7) is 12.6. The Morgan fingerprint density at radius 1 is 0.703 bits per heavy atom. The third kappa shape index (κ3) is 10.9. The van der Waals surface area contributed by atoms with Gasteiger partial charge in [-0.25, -0.2) is 0 Å². The van der Waals surface area contributed by atoms with Gasteiger partial charge in [0.15, 0.2) is 0 Å². The molecule has 1 aliphatic heterocycles. The Hall–Kier alpha value is -2.32. The smallest absolute Gasteiger partial charge is 0.465 e. The van der Waals surface area contributed by atoms with Gasteiger partial charge >= 0.3 is 29.0 Å². The fourth-order valence-electron chi connectivity index (χ4n) is 4.01. The first-order valence-electron chi connectivity index (χ1n) is 13.0. The minimum atomic E-state index is -0.157. The molecule has 0 aromatic carbocycles. The summed E-state index contributed by atoms with van der Waals surface area (Å²) in [4.78, 5) is 38.0. The molecule has 4 bridgehead atoms. The number of carbonyl (C=O) groups is 2. The number of rotatable bonds is 10. The molecule has 0 atom stereocenters. The molecule has 0 saturated heterocycles. The maximum atomic E-state index is 11.8. The van der Waals surface area contributed by atoms with Crippen LogP contribution in [0.5, 0.6) is 0 Å². The zero-order valence-corrected chi connectivity index (χ0v) is 23.4. The predicted molar refractivity (Wildman–Crippen MR) is 138 cm³/mol. The Morgan fingerprint density at radius 2 is 1.03 bits per heavy atom. The van der Waals surface area contributed by atoms with Gasteiger partial charge in [0, 0.05) is 39.3 Å². The van der Waals surface area contributed by atoms with E-state index < -0.39 is 0 Å². The van der Waals surface area contributed by atoms with Crippen LogP contribution in [0.2, 0.25) is 0 Å². The summed E-state index contributed by atoms with van der Waals surface area (Å²) in [6, 6.07) is 12.3. The largest absolute Gasteiger partial charge is 1.00 e. The monoisotopic (exact) mass is 559 g/mol. The molecule has 0 radical (unpaired) electrons. The number of ether oxygens (including phenoxy) is 2. The summed E-state index contributed by atoms with van der Waals surface area (Å²) < 4.78 is 10.7. The molecule has 0 fully saturated rings. The van der Waals surface area contributed by atoms with Gasteiger partial charge in [0.25, 0.3) is 0 Å². The Kier molecular flexibility index (Phi) is 13.2. The van der Waals surface area contributed by atoms with E-state index >= 15 is 0 Å². The maximum Gasteiger partial charge on any atom is 1.00 e. The quantitative estimate of drug-likeness (QED) is 0.246. The van der Waals surface area contributed by atoms with Crippen LogP contribution in [-0.2, 0) is 62.3 Å². The Balaban J connectivity index is 0.00000481. The predicted octanol–water partition coefficient (Wildman–Crippen LogP) is 3.97. The second-order valence-corrected chi connectivity index (χ2v) is 10.0. The molecule has 2 aromatic rings. The van der Waals surface area contributed by atoms with Crippen molar-refractivity contribution in [3.05, 3.63) is 59.2 Å². The van der Waals surface area contributed by atoms with Crippen molar-refractivity contribution in [1.29, 1.82) is 0 Å². The van der Waals surface area contributed by atoms with E-state index in [1.807, 2.05) is 27.7 Å². The number of nitrogens with zero attached hydrogens (tertiary/aromatic N) is 4. The van der Waals surface area contributed by atoms with Crippen molar-refractivity contribution in [1.82, 2.24) is 19.8 Å². The second kappa shape index (κ2) is 15.8. The van der Waals surface area contributed by atoms with E-state index in [1.54, 1.807) is 0 Å². The minimum Gasteiger partial charge on any atom is -0.465 e. The zero-order chi connectivity index (χ0) is 25.9. The van der Waals surface area contributed by atoms with E-state index in [0.29, 0.717) is 39.4 Å². The molecule has 1 aliphatic rings. The number of aromatic nitrogens is 2. The first-order valence-corrected chi connectivity index (χ1v) is 13.0. The second-order valence-electron chi connectivity index (χ2n) is 10.0. The van der Waals surface area contributed by atoms with Gasteiger partial charge in [-0.05, 0) is 37.1 Å². The number of fused-ring (bicyclic) bond motifs is 4. The summed E-state index contributed by atoms with van der Waals surface area (Å²) in [7, 11) is 0. The number of hydrogen-bond donors (Lipinski definition) is 0. The third-order valence-corrected chi connectivity index (χ3v) is 5.94. The van der Waals surface area contributed by atoms with Gasteiger partial charge in [-0.3, -0.25) is 29.4 Å². The Labute approximate surface area is 231 Å². The van der Waals surface area contributed by atoms with Crippen LogP contribution in [0, 0.1) is 11.8 Å². The molecule has 0 unspecified atom stereocenters. The molecule has 0 amide bonds. The average molecular weight is 560 g/mol. The van der Waals surface area contributed by atoms with Crippen molar-refractivity contribution in [2.75, 3.05) is 26.3 Å². The Morgan fingerprint density at radius 3 is 1.32 bits per heavy atom. The molecule has 2 aromatic heterocycles. The molecule has 206 valence electrons. The van der Waals surface area contributed by atoms with Crippen LogP contribution in [0.1, 0.15) is 63.3 Å². The maximum absolute atomic E-state index is 11.8. The van der Waals surface area contributed by atoms with Gasteiger partial charge in [-0.2, -0.15) is 0 Å². The van der Waals surface area contributed by atoms with Gasteiger partial charge in [0.1, 0.15) is 0 Å². The van der Waals surface area contributed by atoms with Crippen LogP contribution in [0.15, 0.2) is 36.4 Å². The van der Waals surface area contributed by atoms with Crippen molar-refractivity contribution in [2.24, 2.45) is 11.8 Å². The fraction of sp³-hybridized carbons (Fsp3) is 0.571. The molecule has 9 heteroatoms. The average Bonchev–Trinajstić information content (AvgIpc) is 2.83. The number of carbonyl (C=O) groups excluding carboxylic acids is 2. The topological polar surface area (TPSA) is 84.9 Å². The summed E-state index contributed by atoms with van der Waals surface area (Å²) in [5.41, 5.74) is 4.03. The molecule has 0 N–H and O–H groups in total. The minimum absolute atomic E-state index is 0. The molecular weight excluding hydrogens is 520 g/mol. The summed E-state index contributed by atoms with van der Waals surface area (Å²) in [5, 5.41) is 0. The van der Waals surface area contributed by atoms with Crippen molar-refractivity contribution < 1.29 is 36.1 Å². The van der Waals surface area contributed by atoms with E-state index in [0.717, 1.165) is 48.7 Å². The van der Waals surface area contributed by atoms with Crippen molar-refractivity contribution in [2.45, 2.75) is 66.7 Å². The van der Waals surface area contributed by atoms with E-state index in [9.17, 15) is 9.59 Å². The van der Waals surface area contributed by atoms with E-state index in [4.69, 9.17) is 19.4 Å². The molecular formula is C28H40CuN4O4+. The van der Waals surface area contributed by atoms with Gasteiger partial charge in [0.05, 0.1) is 47.8 Å². The van der Waals surface area contributed by atoms with Crippen molar-refractivity contribution in [3.8, 4) is 0 Å². The van der Waals surface area contributed by atoms with Gasteiger partial charge < -0.3 is 9.47 Å². The van der Waals surface area contributed by atoms with Crippen molar-refractivity contribution in [3.63, 3.8) is 0 Å². The van der Waals surface area contributed by atoms with E-state index in [1.165, 1.54) is 0 Å². The standard InChI is InChI=1S/C28H40N4O4.Cu/c1-21(2)27(33)35-15-7-13-31-17-23-9-5-11-25(29-23)19-32(14-8-16-36-28(34)22(3)4)20-26-12-6-10-24(18-31)30-26;/h5-6,9-12,21-22H,7-8,13-20H2,1-4H3;/q;+1. The van der Waals surface area contributed by atoms with Crippen molar-refractivity contribution >= 4 is 11.9 Å². The normalized spacial score (nSPS) is 14.4. The van der Waals surface area contributed by atoms with E-state index in [-0.39, 0.29) is 40.8 Å². The zero-order valence-electron chi connectivity index (χ0n) is 22.4. The summed E-state index contributed by atoms with van der Waals surface area (Å²) in [6.07, 6.45) is 1.51. The molecule has 3 rings (SSSR count). The molecule has 37 heavy (non-hydrogen) atoms. The van der Waals surface area contributed by atoms with Crippen LogP contribution < -0.4 is 0 Å². The first-order chi connectivity index (χ1) is 17.3. The van der Waals surface area contributed by atoms with Gasteiger partial charge in [-0.1, -0.05) is 39.8 Å². The van der Waals surface area contributed by atoms with Crippen LogP contribution >= 0.6 is 0 Å². The molecule has 8 nitrogen and oxygen atoms in total. The summed E-state index contributed by atoms with van der Waals surface area (Å²) in [5.74, 6) is -0.537. The molecule has 0 spiro atoms.